The molecule has 0 aliphatic carbocycles. The lowest BCUT2D eigenvalue weighted by Gasteiger charge is -2.37. The van der Waals surface area contributed by atoms with Crippen molar-refractivity contribution in [1.29, 1.82) is 0 Å². The molecule has 1 aromatic carbocycles. The van der Waals surface area contributed by atoms with Crippen LogP contribution >= 0.6 is 0 Å². The summed E-state index contributed by atoms with van der Waals surface area (Å²) in [5, 5.41) is 1.07. The van der Waals surface area contributed by atoms with Crippen molar-refractivity contribution in [3.8, 4) is 0 Å². The molecule has 1 aromatic rings. The van der Waals surface area contributed by atoms with E-state index in [2.05, 4.69) is 19.6 Å². The highest BCUT2D eigenvalue weighted by Crippen LogP contribution is 2.27. The fraction of sp³-hybridized carbons (Fsp3) is 0.611. The van der Waals surface area contributed by atoms with Gasteiger partial charge in [0.15, 0.2) is 0 Å². The van der Waals surface area contributed by atoms with Crippen molar-refractivity contribution in [2.75, 3.05) is 11.9 Å². The number of rotatable bonds is 6. The number of carbonyl (C=O) groups is 1. The Balaban J connectivity index is 2.13. The number of benzene rings is 1. The monoisotopic (exact) mass is 538 g/mol. The van der Waals surface area contributed by atoms with Crippen molar-refractivity contribution in [2.45, 2.75) is 64.0 Å². The summed E-state index contributed by atoms with van der Waals surface area (Å²) in [7, 11) is -7.36. The lowest BCUT2D eigenvalue weighted by molar-refractivity contribution is -0.151. The van der Waals surface area contributed by atoms with Gasteiger partial charge in [0.2, 0.25) is 5.91 Å². The van der Waals surface area contributed by atoms with Crippen molar-refractivity contribution >= 4 is 61.3 Å². The van der Waals surface area contributed by atoms with E-state index in [4.69, 9.17) is 16.5 Å². The number of amides is 1. The lowest BCUT2D eigenvalue weighted by atomic mass is 10.2. The maximum absolute atomic E-state index is 12.6. The number of alkyl halides is 3. The van der Waals surface area contributed by atoms with Crippen LogP contribution in [0.3, 0.4) is 0 Å². The van der Waals surface area contributed by atoms with Gasteiger partial charge in [-0.1, -0.05) is 36.5 Å². The summed E-state index contributed by atoms with van der Waals surface area (Å²) in [6.45, 7) is 12.3. The predicted octanol–water partition coefficient (Wildman–Crippen LogP) is 4.02. The third-order valence-electron chi connectivity index (χ3n) is 5.24. The van der Waals surface area contributed by atoms with Gasteiger partial charge in [-0.3, -0.25) is 4.79 Å². The first-order valence-electron chi connectivity index (χ1n) is 10.3. The molecular weight excluding hydrogens is 508 g/mol. The molecule has 1 aliphatic rings. The SMILES string of the molecule is CN(C(=O)CC(F)(F)F)c1cccc([Si](C)(C)CC[Si]2(C)O[Si](C)O[Si](C)O[Si](C)O2)c1. The van der Waals surface area contributed by atoms with Crippen LogP contribution in [0.5, 0.6) is 0 Å². The second-order valence-corrected chi connectivity index (χ2v) is 22.5. The Morgan fingerprint density at radius 1 is 1.09 bits per heavy atom. The highest BCUT2D eigenvalue weighted by Gasteiger charge is 2.42. The smallest absolute Gasteiger partial charge is 0.397 e. The van der Waals surface area contributed by atoms with Gasteiger partial charge in [-0.05, 0) is 44.4 Å². The molecule has 1 fully saturated rings. The molecule has 1 saturated heterocycles. The average molecular weight is 539 g/mol. The van der Waals surface area contributed by atoms with Gasteiger partial charge in [-0.2, -0.15) is 13.2 Å². The summed E-state index contributed by atoms with van der Waals surface area (Å²) in [5.41, 5.74) is 0.469. The minimum atomic E-state index is -4.53. The highest BCUT2D eigenvalue weighted by atomic mass is 28.5. The second kappa shape index (κ2) is 10.8. The minimum Gasteiger partial charge on any atom is -0.415 e. The molecule has 0 bridgehead atoms. The topological polar surface area (TPSA) is 57.2 Å². The van der Waals surface area contributed by atoms with E-state index < -0.39 is 63.0 Å². The molecular formula is C18H31F3NO5Si5. The zero-order valence-electron chi connectivity index (χ0n) is 19.6. The number of hydrogen-bond donors (Lipinski definition) is 0. The quantitative estimate of drug-likeness (QED) is 0.512. The Morgan fingerprint density at radius 2 is 1.66 bits per heavy atom. The van der Waals surface area contributed by atoms with E-state index in [0.717, 1.165) is 22.2 Å². The predicted molar refractivity (Wildman–Crippen MR) is 128 cm³/mol. The van der Waals surface area contributed by atoms with E-state index in [-0.39, 0.29) is 0 Å². The molecule has 1 aliphatic heterocycles. The van der Waals surface area contributed by atoms with Gasteiger partial charge in [0.25, 0.3) is 0 Å². The Bertz CT molecular complexity index is 787. The molecule has 1 amide bonds. The zero-order chi connectivity index (χ0) is 24.3. The molecule has 0 spiro atoms. The first-order valence-corrected chi connectivity index (χ1v) is 21.5. The van der Waals surface area contributed by atoms with Crippen LogP contribution in [-0.4, -0.2) is 63.6 Å². The molecule has 6 nitrogen and oxygen atoms in total. The average Bonchev–Trinajstić information content (AvgIpc) is 2.63. The Labute approximate surface area is 195 Å². The molecule has 0 aromatic heterocycles. The van der Waals surface area contributed by atoms with Crippen LogP contribution in [0.15, 0.2) is 24.3 Å². The van der Waals surface area contributed by atoms with E-state index in [1.807, 2.05) is 31.8 Å². The van der Waals surface area contributed by atoms with Crippen LogP contribution in [0, 0.1) is 0 Å². The Kier molecular flexibility index (Phi) is 9.31. The third kappa shape index (κ3) is 8.32. The summed E-state index contributed by atoms with van der Waals surface area (Å²) < 4.78 is 62.3. The van der Waals surface area contributed by atoms with E-state index in [0.29, 0.717) is 5.69 Å². The van der Waals surface area contributed by atoms with Crippen LogP contribution in [0.2, 0.25) is 51.4 Å². The van der Waals surface area contributed by atoms with Crippen molar-refractivity contribution in [3.05, 3.63) is 24.3 Å². The van der Waals surface area contributed by atoms with E-state index in [1.165, 1.54) is 7.05 Å². The van der Waals surface area contributed by atoms with Gasteiger partial charge in [0, 0.05) is 12.7 Å². The van der Waals surface area contributed by atoms with E-state index >= 15 is 0 Å². The molecule has 32 heavy (non-hydrogen) atoms. The van der Waals surface area contributed by atoms with Crippen LogP contribution in [0.4, 0.5) is 18.9 Å². The molecule has 0 atom stereocenters. The molecule has 14 heteroatoms. The van der Waals surface area contributed by atoms with Gasteiger partial charge >= 0.3 is 42.6 Å². The second-order valence-electron chi connectivity index (χ2n) is 8.70. The normalized spacial score (nSPS) is 19.4. The maximum atomic E-state index is 12.6. The largest absolute Gasteiger partial charge is 0.415 e. The maximum Gasteiger partial charge on any atom is 0.397 e. The first-order chi connectivity index (χ1) is 14.6. The first kappa shape index (κ1) is 27.6. The summed E-state index contributed by atoms with van der Waals surface area (Å²) in [4.78, 5) is 13.1. The molecule has 0 N–H and O–H groups in total. The summed E-state index contributed by atoms with van der Waals surface area (Å²) in [6, 6.07) is 8.95. The third-order valence-corrected chi connectivity index (χ3v) is 20.6. The van der Waals surface area contributed by atoms with Crippen molar-refractivity contribution in [2.24, 2.45) is 0 Å². The van der Waals surface area contributed by atoms with Gasteiger partial charge < -0.3 is 21.4 Å². The molecule has 0 unspecified atom stereocenters. The van der Waals surface area contributed by atoms with Crippen LogP contribution in [0.1, 0.15) is 6.42 Å². The highest BCUT2D eigenvalue weighted by molar-refractivity contribution is 6.91. The number of halogens is 3. The molecule has 179 valence electrons. The Morgan fingerprint density at radius 3 is 2.19 bits per heavy atom. The number of carbonyl (C=O) groups excluding carboxylic acids is 1. The standard InChI is InChI=1S/C18H31F3NO5Si5/c1-22(17(23)14-18(19,20)21)15-9-8-10-16(13-15)31(5,6)11-12-32(7)26-29(3)24-28(2)25-30(4)27-32/h8-10,13H,11-12,14H2,1-7H3. The van der Waals surface area contributed by atoms with Gasteiger partial charge in [0.1, 0.15) is 6.42 Å². The van der Waals surface area contributed by atoms with Crippen LogP contribution in [-0.2, 0) is 21.3 Å². The minimum absolute atomic E-state index is 0.469. The van der Waals surface area contributed by atoms with Crippen molar-refractivity contribution in [1.82, 2.24) is 0 Å². The van der Waals surface area contributed by atoms with Crippen LogP contribution in [0.25, 0.3) is 0 Å². The van der Waals surface area contributed by atoms with Crippen LogP contribution < -0.4 is 10.1 Å². The molecule has 1 heterocycles. The van der Waals surface area contributed by atoms with Crippen molar-refractivity contribution in [3.63, 3.8) is 0 Å². The fourth-order valence-electron chi connectivity index (χ4n) is 3.45. The van der Waals surface area contributed by atoms with Crippen molar-refractivity contribution < 1.29 is 34.4 Å². The molecule has 3 radical (unpaired) electrons. The van der Waals surface area contributed by atoms with E-state index in [9.17, 15) is 18.0 Å². The zero-order valence-corrected chi connectivity index (χ0v) is 24.6. The van der Waals surface area contributed by atoms with E-state index in [1.54, 1.807) is 12.1 Å². The Hall–Kier alpha value is -0.596. The lowest BCUT2D eigenvalue weighted by Crippen LogP contribution is -2.54. The van der Waals surface area contributed by atoms with Gasteiger partial charge in [-0.25, -0.2) is 0 Å². The number of nitrogens with zero attached hydrogens (tertiary/aromatic N) is 1. The fourth-order valence-corrected chi connectivity index (χ4v) is 20.2. The van der Waals surface area contributed by atoms with Gasteiger partial charge in [0.05, 0.1) is 8.07 Å². The summed E-state index contributed by atoms with van der Waals surface area (Å²) in [5.74, 6) is -0.975. The number of anilines is 1. The van der Waals surface area contributed by atoms with Gasteiger partial charge in [-0.15, -0.1) is 0 Å². The summed E-state index contributed by atoms with van der Waals surface area (Å²) in [6.07, 6.45) is -6.00. The number of hydrogen-bond acceptors (Lipinski definition) is 5. The molecule has 2 rings (SSSR count). The summed E-state index contributed by atoms with van der Waals surface area (Å²) >= 11 is 0. The molecule has 0 saturated carbocycles.